The topological polar surface area (TPSA) is 73.2 Å². The zero-order chi connectivity index (χ0) is 15.4. The molecule has 0 aliphatic heterocycles. The average molecular weight is 297 g/mol. The molecule has 0 saturated heterocycles. The number of hydrogen-bond donors (Lipinski definition) is 1. The second-order valence-corrected chi connectivity index (χ2v) is 4.69. The number of carbonyl (C=O) groups is 1. The molecule has 3 heterocycles. The van der Waals surface area contributed by atoms with Crippen molar-refractivity contribution in [3.05, 3.63) is 60.4 Å². The Morgan fingerprint density at radius 1 is 1.32 bits per heavy atom. The molecular formula is C16H15N3O3. The van der Waals surface area contributed by atoms with Gasteiger partial charge in [-0.3, -0.25) is 9.48 Å². The molecule has 3 aromatic rings. The maximum Gasteiger partial charge on any atom is 0.244 e. The van der Waals surface area contributed by atoms with Gasteiger partial charge >= 0.3 is 0 Å². The van der Waals surface area contributed by atoms with Crippen LogP contribution in [0.3, 0.4) is 0 Å². The molecule has 6 nitrogen and oxygen atoms in total. The highest BCUT2D eigenvalue weighted by Crippen LogP contribution is 2.19. The molecule has 1 N–H and O–H groups in total. The Hall–Kier alpha value is -3.02. The van der Waals surface area contributed by atoms with Crippen molar-refractivity contribution in [2.24, 2.45) is 7.05 Å². The van der Waals surface area contributed by atoms with Crippen molar-refractivity contribution in [3.63, 3.8) is 0 Å². The van der Waals surface area contributed by atoms with Crippen LogP contribution in [0.5, 0.6) is 0 Å². The van der Waals surface area contributed by atoms with E-state index < -0.39 is 0 Å². The lowest BCUT2D eigenvalue weighted by molar-refractivity contribution is -0.116. The van der Waals surface area contributed by atoms with Gasteiger partial charge in [0.1, 0.15) is 11.5 Å². The van der Waals surface area contributed by atoms with E-state index in [9.17, 15) is 4.79 Å². The van der Waals surface area contributed by atoms with E-state index in [1.807, 2.05) is 25.2 Å². The number of nitrogens with one attached hydrogen (secondary N) is 1. The maximum atomic E-state index is 11.7. The minimum absolute atomic E-state index is 0.207. The molecule has 0 fully saturated rings. The van der Waals surface area contributed by atoms with Crippen LogP contribution in [0.4, 0.5) is 0 Å². The second-order valence-electron chi connectivity index (χ2n) is 4.69. The van der Waals surface area contributed by atoms with Crippen molar-refractivity contribution in [2.75, 3.05) is 0 Å². The highest BCUT2D eigenvalue weighted by atomic mass is 16.3. The molecule has 0 bridgehead atoms. The number of furan rings is 2. The fourth-order valence-corrected chi connectivity index (χ4v) is 2.05. The quantitative estimate of drug-likeness (QED) is 0.735. The first-order chi connectivity index (χ1) is 10.7. The smallest absolute Gasteiger partial charge is 0.244 e. The summed E-state index contributed by atoms with van der Waals surface area (Å²) in [4.78, 5) is 11.7. The molecule has 0 aliphatic carbocycles. The third-order valence-corrected chi connectivity index (χ3v) is 3.09. The normalized spacial score (nSPS) is 11.1. The lowest BCUT2D eigenvalue weighted by Crippen LogP contribution is -2.20. The average Bonchev–Trinajstić information content (AvgIpc) is 3.24. The third kappa shape index (κ3) is 3.17. The van der Waals surface area contributed by atoms with Gasteiger partial charge in [0.15, 0.2) is 5.76 Å². The van der Waals surface area contributed by atoms with Crippen LogP contribution in [0.2, 0.25) is 0 Å². The van der Waals surface area contributed by atoms with E-state index in [1.54, 1.807) is 35.4 Å². The number of aryl methyl sites for hydroxylation is 1. The molecule has 0 unspecified atom stereocenters. The number of aromatic nitrogens is 2. The monoisotopic (exact) mass is 297 g/mol. The zero-order valence-corrected chi connectivity index (χ0v) is 12.0. The predicted molar refractivity (Wildman–Crippen MR) is 80.5 cm³/mol. The highest BCUT2D eigenvalue weighted by Gasteiger charge is 2.09. The molecule has 0 radical (unpaired) electrons. The molecule has 3 aromatic heterocycles. The fraction of sp³-hybridized carbons (Fsp3) is 0.125. The van der Waals surface area contributed by atoms with Gasteiger partial charge in [-0.25, -0.2) is 0 Å². The minimum atomic E-state index is -0.207. The summed E-state index contributed by atoms with van der Waals surface area (Å²) in [5.74, 6) is 1.17. The molecule has 112 valence electrons. The summed E-state index contributed by atoms with van der Waals surface area (Å²) in [5.41, 5.74) is 1.62. The first-order valence-electron chi connectivity index (χ1n) is 6.78. The van der Waals surface area contributed by atoms with Gasteiger partial charge in [-0.2, -0.15) is 5.10 Å². The molecule has 1 amide bonds. The van der Waals surface area contributed by atoms with Crippen LogP contribution < -0.4 is 5.32 Å². The van der Waals surface area contributed by atoms with E-state index in [2.05, 4.69) is 10.4 Å². The Morgan fingerprint density at radius 3 is 2.86 bits per heavy atom. The summed E-state index contributed by atoms with van der Waals surface area (Å²) >= 11 is 0. The van der Waals surface area contributed by atoms with Crippen LogP contribution in [-0.4, -0.2) is 15.7 Å². The lowest BCUT2D eigenvalue weighted by Gasteiger charge is -1.97. The van der Waals surface area contributed by atoms with Crippen molar-refractivity contribution in [1.82, 2.24) is 15.1 Å². The van der Waals surface area contributed by atoms with E-state index in [0.29, 0.717) is 12.3 Å². The largest absolute Gasteiger partial charge is 0.465 e. The Morgan fingerprint density at radius 2 is 2.14 bits per heavy atom. The molecule has 3 rings (SSSR count). The Bertz CT molecular complexity index is 768. The van der Waals surface area contributed by atoms with Crippen molar-refractivity contribution in [1.29, 1.82) is 0 Å². The van der Waals surface area contributed by atoms with Gasteiger partial charge in [0.05, 0.1) is 24.8 Å². The van der Waals surface area contributed by atoms with Crippen LogP contribution in [-0.2, 0) is 18.4 Å². The van der Waals surface area contributed by atoms with Gasteiger partial charge in [-0.05, 0) is 36.4 Å². The summed E-state index contributed by atoms with van der Waals surface area (Å²) in [6, 6.07) is 9.11. The minimum Gasteiger partial charge on any atom is -0.465 e. The SMILES string of the molecule is Cn1nc(CNC(=O)C=Cc2ccco2)cc1-c1ccco1. The molecule has 0 spiro atoms. The van der Waals surface area contributed by atoms with E-state index in [1.165, 1.54) is 6.08 Å². The number of amides is 1. The summed E-state index contributed by atoms with van der Waals surface area (Å²) in [5, 5.41) is 7.12. The van der Waals surface area contributed by atoms with Crippen molar-refractivity contribution >= 4 is 12.0 Å². The molecule has 0 aliphatic rings. The summed E-state index contributed by atoms with van der Waals surface area (Å²) in [6.07, 6.45) is 6.21. The lowest BCUT2D eigenvalue weighted by atomic mass is 10.3. The van der Waals surface area contributed by atoms with E-state index in [-0.39, 0.29) is 5.91 Å². The first-order valence-corrected chi connectivity index (χ1v) is 6.78. The highest BCUT2D eigenvalue weighted by molar-refractivity contribution is 5.91. The van der Waals surface area contributed by atoms with Crippen LogP contribution >= 0.6 is 0 Å². The van der Waals surface area contributed by atoms with E-state index in [0.717, 1.165) is 17.1 Å². The molecular weight excluding hydrogens is 282 g/mol. The second kappa shape index (κ2) is 6.17. The third-order valence-electron chi connectivity index (χ3n) is 3.09. The Labute approximate surface area is 127 Å². The summed E-state index contributed by atoms with van der Waals surface area (Å²) in [7, 11) is 1.83. The molecule has 0 saturated carbocycles. The van der Waals surface area contributed by atoms with E-state index >= 15 is 0 Å². The van der Waals surface area contributed by atoms with Gasteiger partial charge in [0, 0.05) is 13.1 Å². The van der Waals surface area contributed by atoms with Crippen LogP contribution in [0, 0.1) is 0 Å². The van der Waals surface area contributed by atoms with Gasteiger partial charge in [0.25, 0.3) is 0 Å². The van der Waals surface area contributed by atoms with Crippen molar-refractivity contribution in [3.8, 4) is 11.5 Å². The standard InChI is InChI=1S/C16H15N3O3/c1-19-14(15-5-3-9-22-15)10-12(18-19)11-17-16(20)7-6-13-4-2-8-21-13/h2-10H,11H2,1H3,(H,17,20). The van der Waals surface area contributed by atoms with Crippen LogP contribution in [0.15, 0.2) is 57.8 Å². The summed E-state index contributed by atoms with van der Waals surface area (Å²) in [6.45, 7) is 0.343. The van der Waals surface area contributed by atoms with Gasteiger partial charge < -0.3 is 14.2 Å². The fourth-order valence-electron chi connectivity index (χ4n) is 2.05. The zero-order valence-electron chi connectivity index (χ0n) is 12.0. The van der Waals surface area contributed by atoms with Crippen molar-refractivity contribution in [2.45, 2.75) is 6.54 Å². The molecule has 0 atom stereocenters. The van der Waals surface area contributed by atoms with E-state index in [4.69, 9.17) is 8.83 Å². The van der Waals surface area contributed by atoms with Gasteiger partial charge in [-0.15, -0.1) is 0 Å². The number of rotatable bonds is 5. The number of hydrogen-bond acceptors (Lipinski definition) is 4. The molecule has 6 heteroatoms. The van der Waals surface area contributed by atoms with Gasteiger partial charge in [0.2, 0.25) is 5.91 Å². The Balaban J connectivity index is 1.60. The van der Waals surface area contributed by atoms with Crippen LogP contribution in [0.25, 0.3) is 17.5 Å². The molecule has 22 heavy (non-hydrogen) atoms. The van der Waals surface area contributed by atoms with Crippen molar-refractivity contribution < 1.29 is 13.6 Å². The number of nitrogens with zero attached hydrogens (tertiary/aromatic N) is 2. The first kappa shape index (κ1) is 13.9. The number of carbonyl (C=O) groups excluding carboxylic acids is 1. The summed E-state index contributed by atoms with van der Waals surface area (Å²) < 4.78 is 12.2. The predicted octanol–water partition coefficient (Wildman–Crippen LogP) is 2.60. The van der Waals surface area contributed by atoms with Gasteiger partial charge in [-0.1, -0.05) is 0 Å². The maximum absolute atomic E-state index is 11.7. The molecule has 0 aromatic carbocycles. The Kier molecular flexibility index (Phi) is 3.91. The van der Waals surface area contributed by atoms with Crippen LogP contribution in [0.1, 0.15) is 11.5 Å².